The van der Waals surface area contributed by atoms with Crippen LogP contribution in [0.5, 0.6) is 0 Å². The molecule has 2 unspecified atom stereocenters. The highest BCUT2D eigenvalue weighted by Gasteiger charge is 2.35. The van der Waals surface area contributed by atoms with E-state index in [1.165, 1.54) is 0 Å². The van der Waals surface area contributed by atoms with Crippen LogP contribution < -0.4 is 0 Å². The molecular weight excluding hydrogens is 268 g/mol. The Morgan fingerprint density at radius 1 is 1.19 bits per heavy atom. The van der Waals surface area contributed by atoms with Crippen LogP contribution in [-0.4, -0.2) is 18.5 Å². The molecule has 0 heterocycles. The molecule has 0 N–H and O–H groups in total. The lowest BCUT2D eigenvalue weighted by Gasteiger charge is -2.30. The number of rotatable bonds is 7. The monoisotopic (exact) mass is 292 g/mol. The van der Waals surface area contributed by atoms with Gasteiger partial charge in [-0.15, -0.1) is 0 Å². The molecule has 0 aliphatic heterocycles. The second-order valence-corrected chi connectivity index (χ2v) is 5.31. The van der Waals surface area contributed by atoms with Crippen LogP contribution in [0.15, 0.2) is 30.3 Å². The average Bonchev–Trinajstić information content (AvgIpc) is 2.47. The fraction of sp³-hybridized carbons (Fsp3) is 0.529. The topological polar surface area (TPSA) is 52.6 Å². The number of ether oxygens (including phenoxy) is 2. The molecule has 0 amide bonds. The molecule has 4 nitrogen and oxygen atoms in total. The lowest BCUT2D eigenvalue weighted by molar-refractivity contribution is -0.169. The van der Waals surface area contributed by atoms with E-state index in [9.17, 15) is 9.59 Å². The van der Waals surface area contributed by atoms with Gasteiger partial charge >= 0.3 is 11.9 Å². The molecule has 21 heavy (non-hydrogen) atoms. The summed E-state index contributed by atoms with van der Waals surface area (Å²) in [6, 6.07) is 9.29. The summed E-state index contributed by atoms with van der Waals surface area (Å²) in [6.07, 6.45) is 0.705. The van der Waals surface area contributed by atoms with Crippen LogP contribution >= 0.6 is 0 Å². The second-order valence-electron chi connectivity index (χ2n) is 5.31. The number of esters is 2. The molecule has 1 rings (SSSR count). The van der Waals surface area contributed by atoms with Crippen molar-refractivity contribution in [1.29, 1.82) is 0 Å². The van der Waals surface area contributed by atoms with Gasteiger partial charge in [0.2, 0.25) is 0 Å². The van der Waals surface area contributed by atoms with E-state index in [0.717, 1.165) is 5.56 Å². The Balaban J connectivity index is 2.99. The molecule has 0 spiro atoms. The predicted molar refractivity (Wildman–Crippen MR) is 80.6 cm³/mol. The minimum absolute atomic E-state index is 0.00697. The largest absolute Gasteiger partial charge is 0.466 e. The van der Waals surface area contributed by atoms with Crippen molar-refractivity contribution in [2.75, 3.05) is 6.61 Å². The number of hydrogen-bond acceptors (Lipinski definition) is 4. The lowest BCUT2D eigenvalue weighted by Crippen LogP contribution is -2.34. The first-order valence-corrected chi connectivity index (χ1v) is 7.37. The predicted octanol–water partition coefficient (Wildman–Crippen LogP) is 3.44. The summed E-state index contributed by atoms with van der Waals surface area (Å²) >= 11 is 0. The van der Waals surface area contributed by atoms with E-state index in [-0.39, 0.29) is 24.3 Å². The van der Waals surface area contributed by atoms with Crippen molar-refractivity contribution in [2.45, 2.75) is 46.1 Å². The van der Waals surface area contributed by atoms with Crippen molar-refractivity contribution in [3.8, 4) is 0 Å². The first-order valence-electron chi connectivity index (χ1n) is 7.37. The molecule has 1 aromatic rings. The minimum atomic E-state index is -1.01. The summed E-state index contributed by atoms with van der Waals surface area (Å²) in [5, 5.41) is 0. The van der Waals surface area contributed by atoms with Gasteiger partial charge in [0.25, 0.3) is 0 Å². The number of carbonyl (C=O) groups is 2. The van der Waals surface area contributed by atoms with E-state index < -0.39 is 5.60 Å². The van der Waals surface area contributed by atoms with Crippen LogP contribution in [0.3, 0.4) is 0 Å². The highest BCUT2D eigenvalue weighted by Crippen LogP contribution is 2.31. The summed E-state index contributed by atoms with van der Waals surface area (Å²) in [4.78, 5) is 24.0. The number of hydrogen-bond donors (Lipinski definition) is 0. The Morgan fingerprint density at radius 3 is 2.33 bits per heavy atom. The highest BCUT2D eigenvalue weighted by molar-refractivity contribution is 5.75. The highest BCUT2D eigenvalue weighted by atomic mass is 16.6. The Hall–Kier alpha value is -1.84. The standard InChI is InChI=1S/C17H24O4/c1-5-13(3)16(19)21-17(4,12-15(18)20-6-2)14-10-8-7-9-11-14/h7-11,13H,5-6,12H2,1-4H3. The van der Waals surface area contributed by atoms with Gasteiger partial charge in [-0.3, -0.25) is 9.59 Å². The molecule has 0 saturated carbocycles. The molecule has 116 valence electrons. The molecule has 0 fully saturated rings. The van der Waals surface area contributed by atoms with Gasteiger partial charge in [0.1, 0.15) is 5.60 Å². The van der Waals surface area contributed by atoms with E-state index in [4.69, 9.17) is 9.47 Å². The van der Waals surface area contributed by atoms with Crippen LogP contribution in [0.1, 0.15) is 46.1 Å². The maximum Gasteiger partial charge on any atom is 0.310 e. The van der Waals surface area contributed by atoms with Gasteiger partial charge in [-0.05, 0) is 25.8 Å². The maximum atomic E-state index is 12.1. The van der Waals surface area contributed by atoms with Crippen LogP contribution in [0.2, 0.25) is 0 Å². The number of benzene rings is 1. The van der Waals surface area contributed by atoms with E-state index >= 15 is 0 Å². The van der Waals surface area contributed by atoms with Gasteiger partial charge < -0.3 is 9.47 Å². The van der Waals surface area contributed by atoms with E-state index in [0.29, 0.717) is 13.0 Å². The van der Waals surface area contributed by atoms with Crippen molar-refractivity contribution in [3.05, 3.63) is 35.9 Å². The fourth-order valence-electron chi connectivity index (χ4n) is 1.96. The molecule has 0 aliphatic rings. The second kappa shape index (κ2) is 7.81. The normalized spacial score (nSPS) is 14.9. The smallest absolute Gasteiger partial charge is 0.310 e. The quantitative estimate of drug-likeness (QED) is 0.722. The molecule has 0 radical (unpaired) electrons. The zero-order valence-electron chi connectivity index (χ0n) is 13.2. The Labute approximate surface area is 126 Å². The van der Waals surface area contributed by atoms with Crippen LogP contribution in [0.25, 0.3) is 0 Å². The summed E-state index contributed by atoms with van der Waals surface area (Å²) in [7, 11) is 0. The SMILES string of the molecule is CCOC(=O)CC(C)(OC(=O)C(C)CC)c1ccccc1. The van der Waals surface area contributed by atoms with Crippen LogP contribution in [-0.2, 0) is 24.7 Å². The maximum absolute atomic E-state index is 12.1. The molecule has 0 saturated heterocycles. The van der Waals surface area contributed by atoms with Crippen molar-refractivity contribution < 1.29 is 19.1 Å². The van der Waals surface area contributed by atoms with Gasteiger partial charge in [-0.2, -0.15) is 0 Å². The Bertz CT molecular complexity index is 469. The fourth-order valence-corrected chi connectivity index (χ4v) is 1.96. The minimum Gasteiger partial charge on any atom is -0.466 e. The summed E-state index contributed by atoms with van der Waals surface area (Å²) < 4.78 is 10.7. The molecule has 0 aromatic heterocycles. The van der Waals surface area contributed by atoms with Gasteiger partial charge in [-0.25, -0.2) is 0 Å². The van der Waals surface area contributed by atoms with E-state index in [1.54, 1.807) is 13.8 Å². The van der Waals surface area contributed by atoms with Crippen molar-refractivity contribution >= 4 is 11.9 Å². The van der Waals surface area contributed by atoms with Gasteiger partial charge in [-0.1, -0.05) is 44.2 Å². The van der Waals surface area contributed by atoms with Crippen LogP contribution in [0.4, 0.5) is 0 Å². The first-order chi connectivity index (χ1) is 9.92. The summed E-state index contributed by atoms with van der Waals surface area (Å²) in [5.74, 6) is -0.871. The Kier molecular flexibility index (Phi) is 6.40. The van der Waals surface area contributed by atoms with Gasteiger partial charge in [0.15, 0.2) is 0 Å². The third-order valence-corrected chi connectivity index (χ3v) is 3.51. The summed E-state index contributed by atoms with van der Waals surface area (Å²) in [6.45, 7) is 7.56. The Morgan fingerprint density at radius 2 is 1.81 bits per heavy atom. The first kappa shape index (κ1) is 17.2. The third-order valence-electron chi connectivity index (χ3n) is 3.51. The average molecular weight is 292 g/mol. The lowest BCUT2D eigenvalue weighted by atomic mass is 9.92. The zero-order chi connectivity index (χ0) is 15.9. The van der Waals surface area contributed by atoms with Crippen LogP contribution in [0, 0.1) is 5.92 Å². The number of carbonyl (C=O) groups excluding carboxylic acids is 2. The molecule has 4 heteroatoms. The van der Waals surface area contributed by atoms with E-state index in [2.05, 4.69) is 0 Å². The van der Waals surface area contributed by atoms with Gasteiger partial charge in [0.05, 0.1) is 18.9 Å². The van der Waals surface area contributed by atoms with Crippen molar-refractivity contribution in [2.24, 2.45) is 5.92 Å². The molecule has 0 bridgehead atoms. The molecular formula is C17H24O4. The zero-order valence-corrected chi connectivity index (χ0v) is 13.2. The van der Waals surface area contributed by atoms with Gasteiger partial charge in [0, 0.05) is 0 Å². The third kappa shape index (κ3) is 4.88. The van der Waals surface area contributed by atoms with E-state index in [1.807, 2.05) is 44.2 Å². The van der Waals surface area contributed by atoms with Crippen molar-refractivity contribution in [3.63, 3.8) is 0 Å². The molecule has 2 atom stereocenters. The van der Waals surface area contributed by atoms with Crippen molar-refractivity contribution in [1.82, 2.24) is 0 Å². The summed E-state index contributed by atoms with van der Waals surface area (Å²) in [5.41, 5.74) is -0.219. The molecule has 1 aromatic carbocycles. The molecule has 0 aliphatic carbocycles.